The Kier molecular flexibility index (Phi) is 2.87. The van der Waals surface area contributed by atoms with Crippen molar-refractivity contribution in [3.05, 3.63) is 17.5 Å². The molecule has 4 aliphatic carbocycles. The van der Waals surface area contributed by atoms with Crippen molar-refractivity contribution in [3.8, 4) is 6.07 Å². The molecule has 0 aromatic carbocycles. The molecule has 3 heteroatoms. The molecule has 5 rings (SSSR count). The standard InChI is InChI=1S/C17H23N3/c1-2-3-20-16(9-15(10-18)19-20)17-13-5-11-4-12(7-13)8-14(17)6-11/h9,11-14,17H,2-8H2,1H3. The number of hydrogen-bond acceptors (Lipinski definition) is 2. The fourth-order valence-electron chi connectivity index (χ4n) is 5.55. The highest BCUT2D eigenvalue weighted by molar-refractivity contribution is 5.27. The van der Waals surface area contributed by atoms with Crippen molar-refractivity contribution in [2.75, 3.05) is 0 Å². The van der Waals surface area contributed by atoms with Gasteiger partial charge in [0.25, 0.3) is 0 Å². The lowest BCUT2D eigenvalue weighted by molar-refractivity contribution is -0.00565. The van der Waals surface area contributed by atoms with Gasteiger partial charge in [0.15, 0.2) is 5.69 Å². The Morgan fingerprint density at radius 2 is 1.85 bits per heavy atom. The molecule has 0 aliphatic heterocycles. The minimum Gasteiger partial charge on any atom is -0.268 e. The molecular formula is C17H23N3. The fourth-order valence-corrected chi connectivity index (χ4v) is 5.55. The van der Waals surface area contributed by atoms with E-state index >= 15 is 0 Å². The molecule has 0 unspecified atom stereocenters. The van der Waals surface area contributed by atoms with Gasteiger partial charge in [-0.1, -0.05) is 6.92 Å². The molecule has 4 saturated carbocycles. The summed E-state index contributed by atoms with van der Waals surface area (Å²) in [4.78, 5) is 0. The van der Waals surface area contributed by atoms with Gasteiger partial charge in [0.2, 0.25) is 0 Å². The van der Waals surface area contributed by atoms with Crippen LogP contribution < -0.4 is 0 Å². The molecule has 0 radical (unpaired) electrons. The molecule has 0 atom stereocenters. The first-order valence-corrected chi connectivity index (χ1v) is 8.26. The van der Waals surface area contributed by atoms with E-state index in [1.165, 1.54) is 37.8 Å². The van der Waals surface area contributed by atoms with Gasteiger partial charge in [0.1, 0.15) is 6.07 Å². The van der Waals surface area contributed by atoms with Gasteiger partial charge in [-0.2, -0.15) is 10.4 Å². The van der Waals surface area contributed by atoms with Gasteiger partial charge in [-0.05, 0) is 68.3 Å². The van der Waals surface area contributed by atoms with E-state index in [0.717, 1.165) is 36.6 Å². The van der Waals surface area contributed by atoms with Crippen LogP contribution in [0, 0.1) is 35.0 Å². The predicted molar refractivity (Wildman–Crippen MR) is 77.0 cm³/mol. The predicted octanol–water partition coefficient (Wildman–Crippen LogP) is 3.70. The van der Waals surface area contributed by atoms with Crippen LogP contribution in [0.4, 0.5) is 0 Å². The van der Waals surface area contributed by atoms with E-state index in [1.807, 2.05) is 0 Å². The first kappa shape index (κ1) is 12.4. The van der Waals surface area contributed by atoms with Gasteiger partial charge >= 0.3 is 0 Å². The Morgan fingerprint density at radius 3 is 2.40 bits per heavy atom. The van der Waals surface area contributed by atoms with Crippen LogP contribution in [0.3, 0.4) is 0 Å². The van der Waals surface area contributed by atoms with Gasteiger partial charge in [-0.25, -0.2) is 0 Å². The maximum Gasteiger partial charge on any atom is 0.162 e. The maximum atomic E-state index is 9.17. The lowest BCUT2D eigenvalue weighted by Crippen LogP contribution is -2.44. The lowest BCUT2D eigenvalue weighted by atomic mass is 9.51. The number of hydrogen-bond donors (Lipinski definition) is 0. The molecule has 3 nitrogen and oxygen atoms in total. The van der Waals surface area contributed by atoms with E-state index in [-0.39, 0.29) is 0 Å². The summed E-state index contributed by atoms with van der Waals surface area (Å²) in [7, 11) is 0. The second kappa shape index (κ2) is 4.62. The molecule has 20 heavy (non-hydrogen) atoms. The Labute approximate surface area is 121 Å². The quantitative estimate of drug-likeness (QED) is 0.839. The molecule has 1 heterocycles. The zero-order chi connectivity index (χ0) is 13.7. The summed E-state index contributed by atoms with van der Waals surface area (Å²) in [6.45, 7) is 3.15. The summed E-state index contributed by atoms with van der Waals surface area (Å²) in [6.07, 6.45) is 8.30. The molecule has 4 bridgehead atoms. The molecule has 1 aromatic heterocycles. The van der Waals surface area contributed by atoms with Crippen LogP contribution >= 0.6 is 0 Å². The molecule has 0 spiro atoms. The van der Waals surface area contributed by atoms with Crippen LogP contribution in [0.15, 0.2) is 6.07 Å². The Bertz CT molecular complexity index is 523. The van der Waals surface area contributed by atoms with Crippen LogP contribution in [0.1, 0.15) is 62.8 Å². The smallest absolute Gasteiger partial charge is 0.162 e. The SMILES string of the molecule is CCCn1nc(C#N)cc1C1C2CC3CC(C2)CC1C3. The Balaban J connectivity index is 1.70. The summed E-state index contributed by atoms with van der Waals surface area (Å²) in [5.41, 5.74) is 1.99. The first-order chi connectivity index (χ1) is 9.78. The van der Waals surface area contributed by atoms with Crippen molar-refractivity contribution in [3.63, 3.8) is 0 Å². The zero-order valence-electron chi connectivity index (χ0n) is 12.3. The van der Waals surface area contributed by atoms with Crippen molar-refractivity contribution in [2.24, 2.45) is 23.7 Å². The molecule has 1 aromatic rings. The van der Waals surface area contributed by atoms with Gasteiger partial charge < -0.3 is 0 Å². The minimum absolute atomic E-state index is 0.613. The molecular weight excluding hydrogens is 246 g/mol. The number of aryl methyl sites for hydroxylation is 1. The van der Waals surface area contributed by atoms with Crippen LogP contribution in [0.2, 0.25) is 0 Å². The van der Waals surface area contributed by atoms with Gasteiger partial charge in [0.05, 0.1) is 0 Å². The summed E-state index contributed by atoms with van der Waals surface area (Å²) >= 11 is 0. The summed E-state index contributed by atoms with van der Waals surface area (Å²) in [6, 6.07) is 4.32. The van der Waals surface area contributed by atoms with Crippen LogP contribution in [-0.4, -0.2) is 9.78 Å². The van der Waals surface area contributed by atoms with E-state index in [4.69, 9.17) is 5.26 Å². The van der Waals surface area contributed by atoms with Crippen molar-refractivity contribution >= 4 is 0 Å². The normalized spacial score (nSPS) is 38.1. The van der Waals surface area contributed by atoms with E-state index in [2.05, 4.69) is 28.8 Å². The van der Waals surface area contributed by atoms with Crippen LogP contribution in [0.5, 0.6) is 0 Å². The fraction of sp³-hybridized carbons (Fsp3) is 0.765. The zero-order valence-corrected chi connectivity index (χ0v) is 12.3. The van der Waals surface area contributed by atoms with Crippen LogP contribution in [0.25, 0.3) is 0 Å². The third-order valence-corrected chi connectivity index (χ3v) is 5.93. The number of rotatable bonds is 3. The number of nitriles is 1. The third kappa shape index (κ3) is 1.81. The molecule has 0 amide bonds. The lowest BCUT2D eigenvalue weighted by Gasteiger charge is -2.54. The monoisotopic (exact) mass is 269 g/mol. The van der Waals surface area contributed by atoms with E-state index < -0.39 is 0 Å². The summed E-state index contributed by atoms with van der Waals surface area (Å²) < 4.78 is 2.14. The van der Waals surface area contributed by atoms with E-state index in [9.17, 15) is 0 Å². The van der Waals surface area contributed by atoms with E-state index in [0.29, 0.717) is 11.6 Å². The number of aromatic nitrogens is 2. The van der Waals surface area contributed by atoms with Gasteiger partial charge in [0, 0.05) is 18.2 Å². The molecule has 4 fully saturated rings. The second-order valence-corrected chi connectivity index (χ2v) is 7.25. The highest BCUT2D eigenvalue weighted by atomic mass is 15.3. The summed E-state index contributed by atoms with van der Waals surface area (Å²) in [5, 5.41) is 13.7. The molecule has 0 saturated heterocycles. The largest absolute Gasteiger partial charge is 0.268 e. The first-order valence-electron chi connectivity index (χ1n) is 8.26. The summed E-state index contributed by atoms with van der Waals surface area (Å²) in [5.74, 6) is 4.43. The molecule has 106 valence electrons. The average Bonchev–Trinajstić information content (AvgIpc) is 2.81. The van der Waals surface area contributed by atoms with Gasteiger partial charge in [-0.15, -0.1) is 0 Å². The number of nitrogens with zero attached hydrogens (tertiary/aromatic N) is 3. The molecule has 4 aliphatic rings. The van der Waals surface area contributed by atoms with Gasteiger partial charge in [-0.3, -0.25) is 4.68 Å². The maximum absolute atomic E-state index is 9.17. The Hall–Kier alpha value is -1.30. The van der Waals surface area contributed by atoms with Crippen LogP contribution in [-0.2, 0) is 6.54 Å². The topological polar surface area (TPSA) is 41.6 Å². The van der Waals surface area contributed by atoms with Crippen molar-refractivity contribution < 1.29 is 0 Å². The Morgan fingerprint density at radius 1 is 1.20 bits per heavy atom. The minimum atomic E-state index is 0.613. The average molecular weight is 269 g/mol. The second-order valence-electron chi connectivity index (χ2n) is 7.25. The highest BCUT2D eigenvalue weighted by Crippen LogP contribution is 2.59. The highest BCUT2D eigenvalue weighted by Gasteiger charge is 2.49. The molecule has 0 N–H and O–H groups in total. The van der Waals surface area contributed by atoms with Crippen molar-refractivity contribution in [1.82, 2.24) is 9.78 Å². The third-order valence-electron chi connectivity index (χ3n) is 5.93. The van der Waals surface area contributed by atoms with E-state index in [1.54, 1.807) is 0 Å². The van der Waals surface area contributed by atoms with Crippen molar-refractivity contribution in [2.45, 2.75) is 57.9 Å². The van der Waals surface area contributed by atoms with Crippen molar-refractivity contribution in [1.29, 1.82) is 5.26 Å².